The molecular formula is C16H14N2O3S2. The molecular weight excluding hydrogens is 332 g/mol. The van der Waals surface area contributed by atoms with Gasteiger partial charge in [0, 0.05) is 5.69 Å². The Balaban J connectivity index is 1.95. The number of carbonyl (C=O) groups is 1. The van der Waals surface area contributed by atoms with Crippen LogP contribution in [0.1, 0.15) is 17.3 Å². The number of hydrogen-bond acceptors (Lipinski definition) is 5. The Morgan fingerprint density at radius 1 is 1.22 bits per heavy atom. The predicted octanol–water partition coefficient (Wildman–Crippen LogP) is 3.34. The maximum absolute atomic E-state index is 12.5. The summed E-state index contributed by atoms with van der Waals surface area (Å²) in [7, 11) is -3.46. The number of sulfone groups is 1. The summed E-state index contributed by atoms with van der Waals surface area (Å²) in [5.41, 5.74) is 3.26. The number of nitrogens with zero attached hydrogens (tertiary/aromatic N) is 1. The Kier molecular flexibility index (Phi) is 4.14. The van der Waals surface area contributed by atoms with Crippen molar-refractivity contribution >= 4 is 43.0 Å². The molecule has 3 rings (SSSR count). The molecule has 0 atom stereocenters. The van der Waals surface area contributed by atoms with E-state index in [0.717, 1.165) is 10.2 Å². The third kappa shape index (κ3) is 3.11. The second kappa shape index (κ2) is 6.10. The molecule has 0 unspecified atom stereocenters. The first-order chi connectivity index (χ1) is 11.0. The van der Waals surface area contributed by atoms with Crippen LogP contribution in [-0.2, 0) is 9.84 Å². The van der Waals surface area contributed by atoms with E-state index in [0.29, 0.717) is 5.69 Å². The highest BCUT2D eigenvalue weighted by Gasteiger charge is 2.20. The van der Waals surface area contributed by atoms with Gasteiger partial charge in [0.1, 0.15) is 0 Å². The average Bonchev–Trinajstić information content (AvgIpc) is 3.02. The highest BCUT2D eigenvalue weighted by Crippen LogP contribution is 2.23. The van der Waals surface area contributed by atoms with E-state index in [-0.39, 0.29) is 16.2 Å². The molecule has 2 aromatic carbocycles. The summed E-state index contributed by atoms with van der Waals surface area (Å²) in [5, 5.41) is 2.74. The summed E-state index contributed by atoms with van der Waals surface area (Å²) in [4.78, 5) is 16.7. The van der Waals surface area contributed by atoms with Crippen molar-refractivity contribution in [3.05, 3.63) is 53.5 Å². The zero-order chi connectivity index (χ0) is 16.4. The SMILES string of the molecule is CCS(=O)(=O)c1ccccc1C(=O)Nc1ccc2scnc2c1. The van der Waals surface area contributed by atoms with Crippen molar-refractivity contribution in [1.82, 2.24) is 4.98 Å². The predicted molar refractivity (Wildman–Crippen MR) is 91.7 cm³/mol. The standard InChI is InChI=1S/C16H14N2O3S2/c1-2-23(20,21)15-6-4-3-5-12(15)16(19)18-11-7-8-14-13(9-11)17-10-22-14/h3-10H,2H2,1H3,(H,18,19). The van der Waals surface area contributed by atoms with E-state index in [9.17, 15) is 13.2 Å². The third-order valence-corrected chi connectivity index (χ3v) is 6.03. The van der Waals surface area contributed by atoms with Gasteiger partial charge in [-0.15, -0.1) is 11.3 Å². The van der Waals surface area contributed by atoms with Gasteiger partial charge < -0.3 is 5.32 Å². The minimum Gasteiger partial charge on any atom is -0.322 e. The maximum atomic E-state index is 12.5. The molecule has 23 heavy (non-hydrogen) atoms. The van der Waals surface area contributed by atoms with Crippen molar-refractivity contribution < 1.29 is 13.2 Å². The molecule has 0 saturated heterocycles. The highest BCUT2D eigenvalue weighted by atomic mass is 32.2. The zero-order valence-corrected chi connectivity index (χ0v) is 13.9. The van der Waals surface area contributed by atoms with Gasteiger partial charge in [-0.05, 0) is 30.3 Å². The third-order valence-electron chi connectivity index (χ3n) is 3.44. The molecule has 0 spiro atoms. The number of anilines is 1. The van der Waals surface area contributed by atoms with Crippen molar-refractivity contribution in [3.8, 4) is 0 Å². The van der Waals surface area contributed by atoms with E-state index in [1.54, 1.807) is 36.7 Å². The second-order valence-corrected chi connectivity index (χ2v) is 8.02. The van der Waals surface area contributed by atoms with Crippen LogP contribution in [0.2, 0.25) is 0 Å². The summed E-state index contributed by atoms with van der Waals surface area (Å²) < 4.78 is 25.3. The van der Waals surface area contributed by atoms with Gasteiger partial charge >= 0.3 is 0 Å². The van der Waals surface area contributed by atoms with Gasteiger partial charge in [-0.3, -0.25) is 4.79 Å². The number of aromatic nitrogens is 1. The van der Waals surface area contributed by atoms with Gasteiger partial charge in [0.15, 0.2) is 9.84 Å². The number of carbonyl (C=O) groups excluding carboxylic acids is 1. The molecule has 0 saturated carbocycles. The molecule has 7 heteroatoms. The Morgan fingerprint density at radius 3 is 2.78 bits per heavy atom. The fraction of sp³-hybridized carbons (Fsp3) is 0.125. The molecule has 0 aliphatic rings. The van der Waals surface area contributed by atoms with Crippen LogP contribution in [0, 0.1) is 0 Å². The lowest BCUT2D eigenvalue weighted by molar-refractivity contribution is 0.102. The molecule has 5 nitrogen and oxygen atoms in total. The first-order valence-corrected chi connectivity index (χ1v) is 9.51. The van der Waals surface area contributed by atoms with Crippen LogP contribution in [0.25, 0.3) is 10.2 Å². The van der Waals surface area contributed by atoms with Crippen LogP contribution in [0.4, 0.5) is 5.69 Å². The molecule has 1 N–H and O–H groups in total. The largest absolute Gasteiger partial charge is 0.322 e. The molecule has 1 heterocycles. The van der Waals surface area contributed by atoms with Gasteiger partial charge in [0.05, 0.1) is 31.9 Å². The molecule has 0 aliphatic heterocycles. The molecule has 0 radical (unpaired) electrons. The lowest BCUT2D eigenvalue weighted by Gasteiger charge is -2.10. The zero-order valence-electron chi connectivity index (χ0n) is 12.3. The van der Waals surface area contributed by atoms with E-state index in [2.05, 4.69) is 10.3 Å². The van der Waals surface area contributed by atoms with Crippen molar-refractivity contribution in [2.75, 3.05) is 11.1 Å². The number of rotatable bonds is 4. The van der Waals surface area contributed by atoms with Crippen LogP contribution in [0.5, 0.6) is 0 Å². The molecule has 118 valence electrons. The maximum Gasteiger partial charge on any atom is 0.256 e. The quantitative estimate of drug-likeness (QED) is 0.786. The van der Waals surface area contributed by atoms with E-state index in [1.165, 1.54) is 23.5 Å². The molecule has 1 aromatic heterocycles. The monoisotopic (exact) mass is 346 g/mol. The molecule has 0 bridgehead atoms. The van der Waals surface area contributed by atoms with Crippen molar-refractivity contribution in [2.45, 2.75) is 11.8 Å². The Bertz CT molecular complexity index is 978. The Labute approximate surface area is 137 Å². The Hall–Kier alpha value is -2.25. The summed E-state index contributed by atoms with van der Waals surface area (Å²) in [5.74, 6) is -0.505. The minimum atomic E-state index is -3.46. The minimum absolute atomic E-state index is 0.0507. The topological polar surface area (TPSA) is 76.1 Å². The summed E-state index contributed by atoms with van der Waals surface area (Å²) in [6.07, 6.45) is 0. The van der Waals surface area contributed by atoms with E-state index in [1.807, 2.05) is 6.07 Å². The van der Waals surface area contributed by atoms with Crippen LogP contribution in [0.15, 0.2) is 52.9 Å². The fourth-order valence-corrected chi connectivity index (χ4v) is 3.97. The summed E-state index contributed by atoms with van der Waals surface area (Å²) in [6, 6.07) is 11.6. The highest BCUT2D eigenvalue weighted by molar-refractivity contribution is 7.91. The first-order valence-electron chi connectivity index (χ1n) is 6.97. The van der Waals surface area contributed by atoms with Crippen LogP contribution >= 0.6 is 11.3 Å². The lowest BCUT2D eigenvalue weighted by atomic mass is 10.2. The van der Waals surface area contributed by atoms with E-state index < -0.39 is 15.7 Å². The fourth-order valence-electron chi connectivity index (χ4n) is 2.21. The smallest absolute Gasteiger partial charge is 0.256 e. The molecule has 0 aliphatic carbocycles. The second-order valence-electron chi connectivity index (χ2n) is 4.89. The molecule has 3 aromatic rings. The number of thiazole rings is 1. The first kappa shape index (κ1) is 15.6. The van der Waals surface area contributed by atoms with Gasteiger partial charge in [-0.1, -0.05) is 19.1 Å². The molecule has 1 amide bonds. The average molecular weight is 346 g/mol. The normalized spacial score (nSPS) is 11.5. The van der Waals surface area contributed by atoms with E-state index >= 15 is 0 Å². The van der Waals surface area contributed by atoms with Crippen molar-refractivity contribution in [2.24, 2.45) is 0 Å². The number of nitrogens with one attached hydrogen (secondary N) is 1. The van der Waals surface area contributed by atoms with Crippen LogP contribution < -0.4 is 5.32 Å². The number of benzene rings is 2. The van der Waals surface area contributed by atoms with Crippen LogP contribution in [0.3, 0.4) is 0 Å². The Morgan fingerprint density at radius 2 is 2.00 bits per heavy atom. The van der Waals surface area contributed by atoms with Gasteiger partial charge in [0.25, 0.3) is 5.91 Å². The number of amides is 1. The summed E-state index contributed by atoms with van der Waals surface area (Å²) >= 11 is 1.52. The van der Waals surface area contributed by atoms with Crippen molar-refractivity contribution in [1.29, 1.82) is 0 Å². The molecule has 0 fully saturated rings. The van der Waals surface area contributed by atoms with E-state index in [4.69, 9.17) is 0 Å². The van der Waals surface area contributed by atoms with Crippen LogP contribution in [-0.4, -0.2) is 25.1 Å². The van der Waals surface area contributed by atoms with Gasteiger partial charge in [0.2, 0.25) is 0 Å². The number of fused-ring (bicyclic) bond motifs is 1. The number of hydrogen-bond donors (Lipinski definition) is 1. The van der Waals surface area contributed by atoms with Gasteiger partial charge in [-0.25, -0.2) is 13.4 Å². The van der Waals surface area contributed by atoms with Gasteiger partial charge in [-0.2, -0.15) is 0 Å². The lowest BCUT2D eigenvalue weighted by Crippen LogP contribution is -2.17. The summed E-state index contributed by atoms with van der Waals surface area (Å²) in [6.45, 7) is 1.56. The van der Waals surface area contributed by atoms with Crippen molar-refractivity contribution in [3.63, 3.8) is 0 Å².